The largest absolute Gasteiger partial charge is 0.405 e. The molecule has 0 aromatic carbocycles. The lowest BCUT2D eigenvalue weighted by molar-refractivity contribution is -0.177. The van der Waals surface area contributed by atoms with Crippen molar-refractivity contribution in [1.29, 1.82) is 0 Å². The molecule has 0 aromatic rings. The Morgan fingerprint density at radius 2 is 1.92 bits per heavy atom. The molecule has 0 aromatic heterocycles. The molecule has 0 spiro atoms. The summed E-state index contributed by atoms with van der Waals surface area (Å²) >= 11 is 0. The summed E-state index contributed by atoms with van der Waals surface area (Å²) < 4.78 is 36.8. The number of alkyl halides is 3. The van der Waals surface area contributed by atoms with Crippen LogP contribution in [0.4, 0.5) is 13.2 Å². The Morgan fingerprint density at radius 1 is 1.38 bits per heavy atom. The lowest BCUT2D eigenvalue weighted by atomic mass is 10.2. The van der Waals surface area contributed by atoms with E-state index in [2.05, 4.69) is 0 Å². The molecule has 1 unspecified atom stereocenters. The summed E-state index contributed by atoms with van der Waals surface area (Å²) in [6, 6.07) is -1.50. The molecule has 2 nitrogen and oxygen atoms in total. The molecule has 13 heavy (non-hydrogen) atoms. The van der Waals surface area contributed by atoms with Crippen LogP contribution >= 0.6 is 0 Å². The Morgan fingerprint density at radius 3 is 2.23 bits per heavy atom. The first-order valence-corrected chi connectivity index (χ1v) is 4.40. The van der Waals surface area contributed by atoms with Gasteiger partial charge in [-0.15, -0.1) is 0 Å². The Kier molecular flexibility index (Phi) is 5.32. The Balaban J connectivity index is 4.07. The van der Waals surface area contributed by atoms with Gasteiger partial charge in [0.15, 0.2) is 0 Å². The second-order valence-electron chi connectivity index (χ2n) is 3.13. The highest BCUT2D eigenvalue weighted by Crippen LogP contribution is 2.23. The summed E-state index contributed by atoms with van der Waals surface area (Å²) in [6.07, 6.45) is -2.56. The summed E-state index contributed by atoms with van der Waals surface area (Å²) in [5.74, 6) is 0. The maximum Gasteiger partial charge on any atom is 0.405 e. The van der Waals surface area contributed by atoms with E-state index < -0.39 is 12.2 Å². The van der Waals surface area contributed by atoms with E-state index in [0.29, 0.717) is 6.54 Å². The predicted octanol–water partition coefficient (Wildman–Crippen LogP) is 1.61. The van der Waals surface area contributed by atoms with Crippen LogP contribution in [0.1, 0.15) is 19.8 Å². The van der Waals surface area contributed by atoms with Gasteiger partial charge in [-0.25, -0.2) is 0 Å². The molecule has 5 heteroatoms. The zero-order valence-corrected chi connectivity index (χ0v) is 8.06. The number of likely N-dealkylation sites (N-methyl/N-ethyl adjacent to an activating group) is 1. The molecule has 0 saturated heterocycles. The van der Waals surface area contributed by atoms with Crippen molar-refractivity contribution in [2.45, 2.75) is 32.0 Å². The SMILES string of the molecule is CCCCN(C)C(CN)C(F)(F)F. The second kappa shape index (κ2) is 5.44. The molecule has 0 fully saturated rings. The molecule has 0 aliphatic rings. The average Bonchev–Trinajstić information content (AvgIpc) is 1.99. The van der Waals surface area contributed by atoms with Crippen LogP contribution < -0.4 is 5.73 Å². The van der Waals surface area contributed by atoms with Crippen molar-refractivity contribution in [3.8, 4) is 0 Å². The van der Waals surface area contributed by atoms with Crippen LogP contribution in [0.3, 0.4) is 0 Å². The van der Waals surface area contributed by atoms with E-state index >= 15 is 0 Å². The molecular weight excluding hydrogens is 181 g/mol. The van der Waals surface area contributed by atoms with E-state index in [4.69, 9.17) is 5.73 Å². The number of rotatable bonds is 5. The highest BCUT2D eigenvalue weighted by atomic mass is 19.4. The van der Waals surface area contributed by atoms with Gasteiger partial charge in [0.05, 0.1) is 0 Å². The van der Waals surface area contributed by atoms with E-state index in [1.807, 2.05) is 6.92 Å². The topological polar surface area (TPSA) is 29.3 Å². The molecule has 1 atom stereocenters. The van der Waals surface area contributed by atoms with Gasteiger partial charge in [0.25, 0.3) is 0 Å². The van der Waals surface area contributed by atoms with Gasteiger partial charge in [-0.05, 0) is 20.0 Å². The van der Waals surface area contributed by atoms with Gasteiger partial charge in [-0.1, -0.05) is 13.3 Å². The molecule has 0 aliphatic carbocycles. The molecule has 80 valence electrons. The fraction of sp³-hybridized carbons (Fsp3) is 1.00. The quantitative estimate of drug-likeness (QED) is 0.727. The first kappa shape index (κ1) is 12.7. The first-order chi connectivity index (χ1) is 5.93. The van der Waals surface area contributed by atoms with Gasteiger partial charge in [-0.2, -0.15) is 13.2 Å². The highest BCUT2D eigenvalue weighted by molar-refractivity contribution is 4.77. The molecular formula is C8H17F3N2. The summed E-state index contributed by atoms with van der Waals surface area (Å²) in [7, 11) is 1.46. The van der Waals surface area contributed by atoms with Crippen molar-refractivity contribution in [2.24, 2.45) is 5.73 Å². The zero-order valence-electron chi connectivity index (χ0n) is 8.06. The third kappa shape index (κ3) is 4.47. The van der Waals surface area contributed by atoms with Crippen LogP contribution in [0, 0.1) is 0 Å². The standard InChI is InChI=1S/C8H17F3N2/c1-3-4-5-13(2)7(6-12)8(9,10)11/h7H,3-6,12H2,1-2H3. The summed E-state index contributed by atoms with van der Waals surface area (Å²) in [5, 5.41) is 0. The van der Waals surface area contributed by atoms with Crippen molar-refractivity contribution in [1.82, 2.24) is 4.90 Å². The lowest BCUT2D eigenvalue weighted by Crippen LogP contribution is -2.48. The number of hydrogen-bond acceptors (Lipinski definition) is 2. The minimum absolute atomic E-state index is 0.371. The van der Waals surface area contributed by atoms with Crippen LogP contribution in [0.2, 0.25) is 0 Å². The van der Waals surface area contributed by atoms with Gasteiger partial charge < -0.3 is 5.73 Å². The fourth-order valence-electron chi connectivity index (χ4n) is 1.13. The van der Waals surface area contributed by atoms with E-state index in [0.717, 1.165) is 12.8 Å². The van der Waals surface area contributed by atoms with Crippen LogP contribution in [0.25, 0.3) is 0 Å². The third-order valence-electron chi connectivity index (χ3n) is 2.00. The summed E-state index contributed by atoms with van der Waals surface area (Å²) in [4.78, 5) is 1.27. The van der Waals surface area contributed by atoms with Crippen molar-refractivity contribution < 1.29 is 13.2 Å². The van der Waals surface area contributed by atoms with Crippen molar-refractivity contribution >= 4 is 0 Å². The fourth-order valence-corrected chi connectivity index (χ4v) is 1.13. The van der Waals surface area contributed by atoms with E-state index in [-0.39, 0.29) is 6.54 Å². The van der Waals surface area contributed by atoms with Gasteiger partial charge in [-0.3, -0.25) is 4.90 Å². The average molecular weight is 198 g/mol. The molecule has 0 radical (unpaired) electrons. The molecule has 0 bridgehead atoms. The maximum absolute atomic E-state index is 12.3. The van der Waals surface area contributed by atoms with E-state index in [1.165, 1.54) is 11.9 Å². The summed E-state index contributed by atoms with van der Waals surface area (Å²) in [6.45, 7) is 2.01. The minimum Gasteiger partial charge on any atom is -0.329 e. The van der Waals surface area contributed by atoms with Crippen LogP contribution in [0.15, 0.2) is 0 Å². The molecule has 2 N–H and O–H groups in total. The van der Waals surface area contributed by atoms with Crippen molar-refractivity contribution in [3.05, 3.63) is 0 Å². The Hall–Kier alpha value is -0.290. The number of hydrogen-bond donors (Lipinski definition) is 1. The van der Waals surface area contributed by atoms with Crippen molar-refractivity contribution in [2.75, 3.05) is 20.1 Å². The Labute approximate surface area is 76.9 Å². The van der Waals surface area contributed by atoms with E-state index in [1.54, 1.807) is 0 Å². The minimum atomic E-state index is -4.21. The number of unbranched alkanes of at least 4 members (excludes halogenated alkanes) is 1. The molecule has 0 rings (SSSR count). The molecule has 0 amide bonds. The van der Waals surface area contributed by atoms with Crippen molar-refractivity contribution in [3.63, 3.8) is 0 Å². The molecule has 0 aliphatic heterocycles. The maximum atomic E-state index is 12.3. The molecule has 0 saturated carbocycles. The van der Waals surface area contributed by atoms with Gasteiger partial charge in [0.1, 0.15) is 6.04 Å². The van der Waals surface area contributed by atoms with Gasteiger partial charge in [0.2, 0.25) is 0 Å². The first-order valence-electron chi connectivity index (χ1n) is 4.40. The number of nitrogens with zero attached hydrogens (tertiary/aromatic N) is 1. The lowest BCUT2D eigenvalue weighted by Gasteiger charge is -2.28. The highest BCUT2D eigenvalue weighted by Gasteiger charge is 2.40. The van der Waals surface area contributed by atoms with Crippen LogP contribution in [-0.2, 0) is 0 Å². The zero-order chi connectivity index (χ0) is 10.5. The van der Waals surface area contributed by atoms with E-state index in [9.17, 15) is 13.2 Å². The van der Waals surface area contributed by atoms with Crippen LogP contribution in [-0.4, -0.2) is 37.3 Å². The predicted molar refractivity (Wildman–Crippen MR) is 46.4 cm³/mol. The van der Waals surface area contributed by atoms with Gasteiger partial charge >= 0.3 is 6.18 Å². The number of nitrogens with two attached hydrogens (primary N) is 1. The normalized spacial score (nSPS) is 15.0. The monoisotopic (exact) mass is 198 g/mol. The molecule has 0 heterocycles. The number of halogens is 3. The Bertz CT molecular complexity index is 136. The smallest absolute Gasteiger partial charge is 0.329 e. The summed E-state index contributed by atoms with van der Waals surface area (Å²) in [5.41, 5.74) is 5.07. The second-order valence-corrected chi connectivity index (χ2v) is 3.13. The van der Waals surface area contributed by atoms with Crippen LogP contribution in [0.5, 0.6) is 0 Å². The van der Waals surface area contributed by atoms with Gasteiger partial charge in [0, 0.05) is 6.54 Å². The third-order valence-corrected chi connectivity index (χ3v) is 2.00.